The van der Waals surface area contributed by atoms with Gasteiger partial charge in [-0.15, -0.1) is 0 Å². The van der Waals surface area contributed by atoms with Gasteiger partial charge in [0.05, 0.1) is 0 Å². The Labute approximate surface area is 93.9 Å². The Bertz CT molecular complexity index is 498. The standard InChI is InChI=1S/C13H15FN2/c14-12-7-10-3-6-16-13(10)8-11(12)9-1-4-15-5-2-9/h3,6-9,15-16H,1-2,4-5H2. The molecule has 0 spiro atoms. The predicted molar refractivity (Wildman–Crippen MR) is 63.1 cm³/mol. The third-order valence-electron chi connectivity index (χ3n) is 3.45. The van der Waals surface area contributed by atoms with Crippen LogP contribution in [0.3, 0.4) is 0 Å². The number of hydrogen-bond acceptors (Lipinski definition) is 1. The van der Waals surface area contributed by atoms with Gasteiger partial charge in [-0.1, -0.05) is 0 Å². The quantitative estimate of drug-likeness (QED) is 0.756. The minimum Gasteiger partial charge on any atom is -0.361 e. The van der Waals surface area contributed by atoms with Crippen molar-refractivity contribution in [1.29, 1.82) is 0 Å². The largest absolute Gasteiger partial charge is 0.361 e. The molecule has 1 aliphatic heterocycles. The van der Waals surface area contributed by atoms with Gasteiger partial charge in [0.25, 0.3) is 0 Å². The Balaban J connectivity index is 2.03. The van der Waals surface area contributed by atoms with E-state index >= 15 is 0 Å². The Kier molecular flexibility index (Phi) is 2.40. The minimum absolute atomic E-state index is 0.0565. The zero-order chi connectivity index (χ0) is 11.0. The molecule has 2 N–H and O–H groups in total. The average molecular weight is 218 g/mol. The zero-order valence-electron chi connectivity index (χ0n) is 9.09. The normalized spacial score (nSPS) is 18.1. The average Bonchev–Trinajstić information content (AvgIpc) is 2.76. The number of nitrogens with one attached hydrogen (secondary N) is 2. The molecule has 3 rings (SSSR count). The molecule has 0 amide bonds. The second-order valence-electron chi connectivity index (χ2n) is 4.46. The summed E-state index contributed by atoms with van der Waals surface area (Å²) in [5.41, 5.74) is 1.91. The van der Waals surface area contributed by atoms with Crippen LogP contribution >= 0.6 is 0 Å². The van der Waals surface area contributed by atoms with Crippen LogP contribution in [0.2, 0.25) is 0 Å². The van der Waals surface area contributed by atoms with Crippen LogP contribution in [-0.2, 0) is 0 Å². The molecule has 1 aliphatic rings. The molecule has 2 aromatic rings. The van der Waals surface area contributed by atoms with Crippen molar-refractivity contribution >= 4 is 10.9 Å². The smallest absolute Gasteiger partial charge is 0.127 e. The fourth-order valence-corrected chi connectivity index (χ4v) is 2.54. The molecule has 0 radical (unpaired) electrons. The van der Waals surface area contributed by atoms with E-state index in [1.54, 1.807) is 6.07 Å². The van der Waals surface area contributed by atoms with Gasteiger partial charge in [0, 0.05) is 17.1 Å². The lowest BCUT2D eigenvalue weighted by atomic mass is 9.89. The highest BCUT2D eigenvalue weighted by atomic mass is 19.1. The predicted octanol–water partition coefficient (Wildman–Crippen LogP) is 2.77. The van der Waals surface area contributed by atoms with E-state index in [1.807, 2.05) is 18.3 Å². The lowest BCUT2D eigenvalue weighted by molar-refractivity contribution is 0.445. The van der Waals surface area contributed by atoms with Crippen LogP contribution in [0.1, 0.15) is 24.3 Å². The van der Waals surface area contributed by atoms with E-state index in [1.165, 1.54) is 0 Å². The van der Waals surface area contributed by atoms with Crippen molar-refractivity contribution in [2.24, 2.45) is 0 Å². The summed E-state index contributed by atoms with van der Waals surface area (Å²) in [6, 6.07) is 5.52. The van der Waals surface area contributed by atoms with Crippen LogP contribution in [0, 0.1) is 5.82 Å². The van der Waals surface area contributed by atoms with Gasteiger partial charge in [0.1, 0.15) is 5.82 Å². The van der Waals surface area contributed by atoms with Crippen molar-refractivity contribution < 1.29 is 4.39 Å². The Morgan fingerprint density at radius 1 is 1.19 bits per heavy atom. The first kappa shape index (κ1) is 9.85. The summed E-state index contributed by atoms with van der Waals surface area (Å²) in [7, 11) is 0. The van der Waals surface area contributed by atoms with E-state index in [9.17, 15) is 4.39 Å². The highest BCUT2D eigenvalue weighted by Crippen LogP contribution is 2.30. The van der Waals surface area contributed by atoms with Crippen LogP contribution in [0.25, 0.3) is 10.9 Å². The number of aromatic nitrogens is 1. The third-order valence-corrected chi connectivity index (χ3v) is 3.45. The molecule has 0 atom stereocenters. The van der Waals surface area contributed by atoms with Gasteiger partial charge in [-0.25, -0.2) is 4.39 Å². The Hall–Kier alpha value is -1.35. The van der Waals surface area contributed by atoms with Gasteiger partial charge in [-0.3, -0.25) is 0 Å². The molecule has 1 aromatic carbocycles. The van der Waals surface area contributed by atoms with Crippen molar-refractivity contribution in [3.8, 4) is 0 Å². The monoisotopic (exact) mass is 218 g/mol. The highest BCUT2D eigenvalue weighted by molar-refractivity contribution is 5.80. The summed E-state index contributed by atoms with van der Waals surface area (Å²) in [5, 5.41) is 4.26. The number of H-pyrrole nitrogens is 1. The molecular formula is C13H15FN2. The Morgan fingerprint density at radius 2 is 2.00 bits per heavy atom. The van der Waals surface area contributed by atoms with E-state index in [4.69, 9.17) is 0 Å². The van der Waals surface area contributed by atoms with Gasteiger partial charge in [-0.2, -0.15) is 0 Å². The van der Waals surface area contributed by atoms with Gasteiger partial charge < -0.3 is 10.3 Å². The molecule has 3 heteroatoms. The number of aromatic amines is 1. The van der Waals surface area contributed by atoms with Crippen molar-refractivity contribution in [1.82, 2.24) is 10.3 Å². The lowest BCUT2D eigenvalue weighted by Crippen LogP contribution is -2.27. The first-order chi connectivity index (χ1) is 7.84. The first-order valence-electron chi connectivity index (χ1n) is 5.82. The van der Waals surface area contributed by atoms with Crippen LogP contribution in [0.4, 0.5) is 4.39 Å². The molecule has 2 heterocycles. The maximum absolute atomic E-state index is 13.9. The van der Waals surface area contributed by atoms with Crippen molar-refractivity contribution in [3.05, 3.63) is 35.8 Å². The second-order valence-corrected chi connectivity index (χ2v) is 4.46. The van der Waals surface area contributed by atoms with E-state index in [-0.39, 0.29) is 5.82 Å². The van der Waals surface area contributed by atoms with Gasteiger partial charge in [-0.05, 0) is 55.6 Å². The van der Waals surface area contributed by atoms with E-state index < -0.39 is 0 Å². The molecule has 1 saturated heterocycles. The van der Waals surface area contributed by atoms with Crippen molar-refractivity contribution in [3.63, 3.8) is 0 Å². The molecule has 0 unspecified atom stereocenters. The van der Waals surface area contributed by atoms with Gasteiger partial charge in [0.2, 0.25) is 0 Å². The van der Waals surface area contributed by atoms with E-state index in [0.717, 1.165) is 42.4 Å². The maximum atomic E-state index is 13.9. The molecule has 0 bridgehead atoms. The minimum atomic E-state index is -0.0565. The number of benzene rings is 1. The summed E-state index contributed by atoms with van der Waals surface area (Å²) >= 11 is 0. The van der Waals surface area contributed by atoms with E-state index in [2.05, 4.69) is 10.3 Å². The van der Waals surface area contributed by atoms with Crippen LogP contribution in [-0.4, -0.2) is 18.1 Å². The number of hydrogen-bond donors (Lipinski definition) is 2. The van der Waals surface area contributed by atoms with E-state index in [0.29, 0.717) is 5.92 Å². The van der Waals surface area contributed by atoms with Gasteiger partial charge >= 0.3 is 0 Å². The summed E-state index contributed by atoms with van der Waals surface area (Å²) in [5.74, 6) is 0.313. The van der Waals surface area contributed by atoms with Crippen LogP contribution in [0.5, 0.6) is 0 Å². The summed E-state index contributed by atoms with van der Waals surface area (Å²) < 4.78 is 13.9. The second kappa shape index (κ2) is 3.91. The van der Waals surface area contributed by atoms with Crippen molar-refractivity contribution in [2.75, 3.05) is 13.1 Å². The summed E-state index contributed by atoms with van der Waals surface area (Å²) in [4.78, 5) is 3.14. The van der Waals surface area contributed by atoms with Gasteiger partial charge in [0.15, 0.2) is 0 Å². The van der Waals surface area contributed by atoms with Crippen LogP contribution in [0.15, 0.2) is 24.4 Å². The van der Waals surface area contributed by atoms with Crippen LogP contribution < -0.4 is 5.32 Å². The molecule has 0 saturated carbocycles. The molecule has 0 aliphatic carbocycles. The maximum Gasteiger partial charge on any atom is 0.127 e. The number of piperidine rings is 1. The zero-order valence-corrected chi connectivity index (χ0v) is 9.09. The highest BCUT2D eigenvalue weighted by Gasteiger charge is 2.19. The molecule has 1 aromatic heterocycles. The molecule has 84 valence electrons. The summed E-state index contributed by atoms with van der Waals surface area (Å²) in [6.45, 7) is 1.99. The molecule has 2 nitrogen and oxygen atoms in total. The van der Waals surface area contributed by atoms with Crippen molar-refractivity contribution in [2.45, 2.75) is 18.8 Å². The molecule has 16 heavy (non-hydrogen) atoms. The first-order valence-corrected chi connectivity index (χ1v) is 5.82. The summed E-state index contributed by atoms with van der Waals surface area (Å²) in [6.07, 6.45) is 3.92. The molecular weight excluding hydrogens is 203 g/mol. The fourth-order valence-electron chi connectivity index (χ4n) is 2.54. The SMILES string of the molecule is Fc1cc2cc[nH]c2cc1C1CCNCC1. The lowest BCUT2D eigenvalue weighted by Gasteiger charge is -2.23. The molecule has 1 fully saturated rings. The third kappa shape index (κ3) is 1.61. The topological polar surface area (TPSA) is 27.8 Å². The number of fused-ring (bicyclic) bond motifs is 1. The Morgan fingerprint density at radius 3 is 2.81 bits per heavy atom. The number of rotatable bonds is 1. The fraction of sp³-hybridized carbons (Fsp3) is 0.385. The number of halogens is 1.